The van der Waals surface area contributed by atoms with Gasteiger partial charge >= 0.3 is 5.97 Å². The van der Waals surface area contributed by atoms with E-state index in [0.717, 1.165) is 25.7 Å². The third kappa shape index (κ3) is 4.09. The van der Waals surface area contributed by atoms with E-state index in [4.69, 9.17) is 4.52 Å². The van der Waals surface area contributed by atoms with E-state index in [0.29, 0.717) is 0 Å². The first kappa shape index (κ1) is 12.3. The number of carbonyl (C=O) groups excluding carboxylic acids is 1. The molecule has 0 spiro atoms. The summed E-state index contributed by atoms with van der Waals surface area (Å²) in [7, 11) is -0.748. The van der Waals surface area contributed by atoms with Gasteiger partial charge in [0, 0.05) is 0 Å². The van der Waals surface area contributed by atoms with Gasteiger partial charge in [0.25, 0.3) is 0 Å². The maximum atomic E-state index is 11.8. The predicted molar refractivity (Wildman–Crippen MR) is 64.0 cm³/mol. The molecule has 1 aromatic rings. The Morgan fingerprint density at radius 2 is 2.00 bits per heavy atom. The van der Waals surface area contributed by atoms with E-state index < -0.39 is 7.76 Å². The van der Waals surface area contributed by atoms with Crippen LogP contribution in [0.4, 0.5) is 0 Å². The minimum atomic E-state index is -0.748. The highest BCUT2D eigenvalue weighted by Crippen LogP contribution is 2.26. The van der Waals surface area contributed by atoms with Crippen molar-refractivity contribution in [3.63, 3.8) is 0 Å². The van der Waals surface area contributed by atoms with E-state index in [2.05, 4.69) is 13.8 Å². The molecule has 1 heterocycles. The Kier molecular flexibility index (Phi) is 5.49. The van der Waals surface area contributed by atoms with Gasteiger partial charge in [0.15, 0.2) is 0 Å². The van der Waals surface area contributed by atoms with Crippen LogP contribution in [0.3, 0.4) is 0 Å². The van der Waals surface area contributed by atoms with Crippen molar-refractivity contribution in [1.82, 2.24) is 0 Å². The van der Waals surface area contributed by atoms with Gasteiger partial charge in [0.05, 0.1) is 13.7 Å². The van der Waals surface area contributed by atoms with Crippen LogP contribution in [0.25, 0.3) is 0 Å². The first-order chi connectivity index (χ1) is 7.27. The Bertz CT molecular complexity index is 280. The summed E-state index contributed by atoms with van der Waals surface area (Å²) in [5, 5.41) is 0. The molecule has 0 saturated carbocycles. The Morgan fingerprint density at radius 1 is 1.33 bits per heavy atom. The summed E-state index contributed by atoms with van der Waals surface area (Å²) in [5.41, 5.74) is 0. The van der Waals surface area contributed by atoms with Crippen LogP contribution in [-0.2, 0) is 4.79 Å². The van der Waals surface area contributed by atoms with Gasteiger partial charge < -0.3 is 4.52 Å². The van der Waals surface area contributed by atoms with Crippen LogP contribution < -0.4 is 4.52 Å². The fourth-order valence-corrected chi connectivity index (χ4v) is 2.61. The van der Waals surface area contributed by atoms with Crippen molar-refractivity contribution in [1.29, 1.82) is 0 Å². The zero-order chi connectivity index (χ0) is 11.1. The second-order valence-electron chi connectivity index (χ2n) is 3.70. The summed E-state index contributed by atoms with van der Waals surface area (Å²) in [5.74, 6) is 3.99. The molecule has 2 nitrogen and oxygen atoms in total. The topological polar surface area (TPSA) is 26.3 Å². The van der Waals surface area contributed by atoms with E-state index in [-0.39, 0.29) is 11.9 Å². The van der Waals surface area contributed by atoms with Gasteiger partial charge in [0.1, 0.15) is 0 Å². The number of rotatable bonds is 6. The van der Waals surface area contributed by atoms with Crippen molar-refractivity contribution < 1.29 is 9.32 Å². The Hall–Kier alpha value is -0.750. The summed E-state index contributed by atoms with van der Waals surface area (Å²) in [6, 6.07) is 3.87. The zero-order valence-electron chi connectivity index (χ0n) is 9.48. The molecule has 0 aliphatic carbocycles. The van der Waals surface area contributed by atoms with Crippen molar-refractivity contribution in [2.45, 2.75) is 39.5 Å². The van der Waals surface area contributed by atoms with Crippen LogP contribution in [0.15, 0.2) is 23.7 Å². The van der Waals surface area contributed by atoms with Crippen molar-refractivity contribution in [2.75, 3.05) is 0 Å². The third-order valence-corrected chi connectivity index (χ3v) is 3.83. The first-order valence-corrected chi connectivity index (χ1v) is 7.02. The van der Waals surface area contributed by atoms with Gasteiger partial charge in [-0.2, -0.15) is 0 Å². The van der Waals surface area contributed by atoms with Crippen LogP contribution >= 0.6 is 7.76 Å². The number of hydrogen-bond acceptors (Lipinski definition) is 2. The highest BCUT2D eigenvalue weighted by atomic mass is 31.1. The number of hydrogen-bond donors (Lipinski definition) is 0. The molecule has 0 aliphatic rings. The van der Waals surface area contributed by atoms with E-state index in [1.54, 1.807) is 0 Å². The molecule has 0 aliphatic heterocycles. The SMILES string of the molecule is CCCCC(CC)C(=O)Op1cccc1. The minimum Gasteiger partial charge on any atom is -0.414 e. The Labute approximate surface area is 92.8 Å². The van der Waals surface area contributed by atoms with Gasteiger partial charge in [0.2, 0.25) is 0 Å². The second kappa shape index (κ2) is 6.68. The molecule has 15 heavy (non-hydrogen) atoms. The first-order valence-electron chi connectivity index (χ1n) is 5.63. The lowest BCUT2D eigenvalue weighted by Crippen LogP contribution is -2.18. The third-order valence-electron chi connectivity index (χ3n) is 2.50. The predicted octanol–water partition coefficient (Wildman–Crippen LogP) is 3.84. The van der Waals surface area contributed by atoms with Crippen molar-refractivity contribution in [3.05, 3.63) is 23.7 Å². The van der Waals surface area contributed by atoms with E-state index in [9.17, 15) is 4.79 Å². The zero-order valence-corrected chi connectivity index (χ0v) is 10.4. The fraction of sp³-hybridized carbons (Fsp3) is 0.583. The van der Waals surface area contributed by atoms with Crippen molar-refractivity contribution in [3.8, 4) is 0 Å². The maximum Gasteiger partial charge on any atom is 0.316 e. The van der Waals surface area contributed by atoms with Crippen molar-refractivity contribution in [2.24, 2.45) is 5.92 Å². The largest absolute Gasteiger partial charge is 0.414 e. The van der Waals surface area contributed by atoms with Crippen LogP contribution in [0.2, 0.25) is 0 Å². The summed E-state index contributed by atoms with van der Waals surface area (Å²) >= 11 is 0. The molecule has 1 rings (SSSR count). The second-order valence-corrected chi connectivity index (χ2v) is 5.20. The Balaban J connectivity index is 2.43. The molecular formula is C12H19O2P. The Morgan fingerprint density at radius 3 is 2.53 bits per heavy atom. The standard InChI is InChI=1S/C12H19O2P/c1-3-5-8-11(4-2)12(13)14-15-9-6-7-10-15/h6-7,9-11H,3-5,8H2,1-2H3. The van der Waals surface area contributed by atoms with Gasteiger partial charge in [-0.1, -0.05) is 38.8 Å². The smallest absolute Gasteiger partial charge is 0.316 e. The molecule has 1 aromatic heterocycles. The van der Waals surface area contributed by atoms with Crippen molar-refractivity contribution >= 4 is 13.7 Å². The van der Waals surface area contributed by atoms with Crippen LogP contribution in [0.5, 0.6) is 0 Å². The highest BCUT2D eigenvalue weighted by molar-refractivity contribution is 7.44. The van der Waals surface area contributed by atoms with E-state index in [1.807, 2.05) is 23.7 Å². The van der Waals surface area contributed by atoms with Gasteiger partial charge in [-0.15, -0.1) is 0 Å². The maximum absolute atomic E-state index is 11.8. The summed E-state index contributed by atoms with van der Waals surface area (Å²) in [6.45, 7) is 4.19. The van der Waals surface area contributed by atoms with Crippen LogP contribution in [0, 0.1) is 5.92 Å². The molecule has 1 unspecified atom stereocenters. The number of carbonyl (C=O) groups is 1. The van der Waals surface area contributed by atoms with E-state index in [1.165, 1.54) is 0 Å². The molecule has 0 fully saturated rings. The molecular weight excluding hydrogens is 207 g/mol. The normalized spacial score (nSPS) is 12.4. The average molecular weight is 226 g/mol. The molecule has 0 aromatic carbocycles. The quantitative estimate of drug-likeness (QED) is 0.736. The molecule has 84 valence electrons. The summed E-state index contributed by atoms with van der Waals surface area (Å²) < 4.78 is 5.41. The lowest BCUT2D eigenvalue weighted by atomic mass is 10.00. The van der Waals surface area contributed by atoms with E-state index >= 15 is 0 Å². The molecule has 3 heteroatoms. The molecule has 1 atom stereocenters. The minimum absolute atomic E-state index is 0.0201. The summed E-state index contributed by atoms with van der Waals surface area (Å²) in [6.07, 6.45) is 4.09. The fourth-order valence-electron chi connectivity index (χ4n) is 1.50. The molecule has 0 radical (unpaired) electrons. The van der Waals surface area contributed by atoms with Gasteiger partial charge in [-0.25, -0.2) is 0 Å². The molecule has 0 saturated heterocycles. The number of unbranched alkanes of at least 4 members (excludes halogenated alkanes) is 1. The van der Waals surface area contributed by atoms with Gasteiger partial charge in [-0.3, -0.25) is 4.79 Å². The summed E-state index contributed by atoms with van der Waals surface area (Å²) in [4.78, 5) is 11.8. The van der Waals surface area contributed by atoms with Crippen LogP contribution in [-0.4, -0.2) is 5.97 Å². The van der Waals surface area contributed by atoms with Crippen LogP contribution in [0.1, 0.15) is 39.5 Å². The monoisotopic (exact) mass is 226 g/mol. The van der Waals surface area contributed by atoms with Gasteiger partial charge in [-0.05, 0) is 24.4 Å². The molecule has 0 N–H and O–H groups in total. The average Bonchev–Trinajstić information content (AvgIpc) is 2.71. The highest BCUT2D eigenvalue weighted by Gasteiger charge is 2.17. The molecule has 0 bridgehead atoms. The lowest BCUT2D eigenvalue weighted by Gasteiger charge is -2.12. The molecule has 0 amide bonds. The lowest BCUT2D eigenvalue weighted by molar-refractivity contribution is -0.135.